The molecule has 1 aromatic heterocycles. The summed E-state index contributed by atoms with van der Waals surface area (Å²) in [7, 11) is 1.65. The third kappa shape index (κ3) is 6.36. The minimum Gasteiger partial charge on any atom is -0.355 e. The van der Waals surface area contributed by atoms with Gasteiger partial charge in [-0.2, -0.15) is 0 Å². The largest absolute Gasteiger partial charge is 0.355 e. The number of piperidine rings is 1. The first-order chi connectivity index (χ1) is 25.2. The fraction of sp³-hybridized carbons (Fsp3) is 0.318. The topological polar surface area (TPSA) is 85.2 Å². The number of urea groups is 1. The van der Waals surface area contributed by atoms with Crippen molar-refractivity contribution in [3.63, 3.8) is 0 Å². The fourth-order valence-corrected chi connectivity index (χ4v) is 8.06. The van der Waals surface area contributed by atoms with Gasteiger partial charge in [0, 0.05) is 31.7 Å². The van der Waals surface area contributed by atoms with Crippen molar-refractivity contribution in [2.45, 2.75) is 51.8 Å². The van der Waals surface area contributed by atoms with Crippen molar-refractivity contribution in [2.24, 2.45) is 17.3 Å². The number of methoxy groups -OCH3 is 1. The van der Waals surface area contributed by atoms with Crippen LogP contribution in [0.4, 0.5) is 4.79 Å². The van der Waals surface area contributed by atoms with E-state index in [4.69, 9.17) is 20.1 Å². The molecule has 8 nitrogen and oxygen atoms in total. The Balaban J connectivity index is 1.33. The number of nitrogens with one attached hydrogen (secondary N) is 1. The number of carbonyl (C=O) groups is 1. The van der Waals surface area contributed by atoms with Gasteiger partial charge in [0.1, 0.15) is 0 Å². The maximum Gasteiger partial charge on any atom is 0.319 e. The van der Waals surface area contributed by atoms with E-state index in [0.29, 0.717) is 24.8 Å². The van der Waals surface area contributed by atoms with E-state index in [-0.39, 0.29) is 17.4 Å². The van der Waals surface area contributed by atoms with Gasteiger partial charge in [0.05, 0.1) is 0 Å². The molecule has 2 unspecified atom stereocenters. The second kappa shape index (κ2) is 14.4. The van der Waals surface area contributed by atoms with Crippen LogP contribution in [-0.4, -0.2) is 57.1 Å². The molecule has 2 atom stereocenters. The van der Waals surface area contributed by atoms with Crippen molar-refractivity contribution in [3.8, 4) is 0 Å². The summed E-state index contributed by atoms with van der Waals surface area (Å²) in [5.41, 5.74) is 3.93. The number of benzene rings is 4. The van der Waals surface area contributed by atoms with E-state index in [1.807, 2.05) is 89.8 Å². The van der Waals surface area contributed by atoms with Crippen LogP contribution in [0.3, 0.4) is 0 Å². The second-order valence-electron chi connectivity index (χ2n) is 15.0. The first-order valence-electron chi connectivity index (χ1n) is 18.3. The highest BCUT2D eigenvalue weighted by atomic mass is 16.5. The number of aromatic nitrogens is 4. The molecule has 266 valence electrons. The van der Waals surface area contributed by atoms with Gasteiger partial charge in [-0.25, -0.2) is 4.79 Å². The zero-order valence-corrected chi connectivity index (χ0v) is 30.7. The molecule has 1 fully saturated rings. The molecule has 2 aliphatic rings. The number of amides is 2. The molecule has 0 spiro atoms. The molecule has 2 heterocycles. The van der Waals surface area contributed by atoms with Crippen molar-refractivity contribution in [3.05, 3.63) is 162 Å². The van der Waals surface area contributed by atoms with E-state index in [9.17, 15) is 4.79 Å². The van der Waals surface area contributed by atoms with Crippen LogP contribution in [0.1, 0.15) is 68.6 Å². The van der Waals surface area contributed by atoms with Crippen molar-refractivity contribution < 1.29 is 9.53 Å². The molecule has 4 aromatic carbocycles. The van der Waals surface area contributed by atoms with Gasteiger partial charge in [-0.05, 0) is 63.3 Å². The molecule has 1 aliphatic heterocycles. The van der Waals surface area contributed by atoms with Crippen LogP contribution in [-0.2, 0) is 10.3 Å². The maximum atomic E-state index is 14.0. The molecule has 52 heavy (non-hydrogen) atoms. The van der Waals surface area contributed by atoms with E-state index >= 15 is 0 Å². The molecule has 0 bridgehead atoms. The standard InChI is InChI=1S/C44H48N6O2/c1-32-39(38(33-18-10-6-11-19-33)26-29-43(32,52-5)45-41(51)49-30-27-34(28-31-49)42(2,3)4)40-46-48-50(47-40)44(35-20-12-7-13-21-35,36-22-14-8-15-23-36)37-24-16-9-17-25-37/h6-26,29,32,34H,27-28,30-31H2,1-5H3,(H,45,51). The van der Waals surface area contributed by atoms with Gasteiger partial charge < -0.3 is 15.0 Å². The number of likely N-dealkylation sites (tertiary alicyclic amines) is 1. The highest BCUT2D eigenvalue weighted by molar-refractivity contribution is 5.97. The summed E-state index contributed by atoms with van der Waals surface area (Å²) in [5, 5.41) is 18.3. The third-order valence-electron chi connectivity index (χ3n) is 11.1. The zero-order chi connectivity index (χ0) is 36.3. The van der Waals surface area contributed by atoms with Gasteiger partial charge in [-0.1, -0.05) is 155 Å². The predicted molar refractivity (Wildman–Crippen MR) is 206 cm³/mol. The number of hydrogen-bond acceptors (Lipinski definition) is 5. The number of allylic oxidation sites excluding steroid dienone is 2. The second-order valence-corrected chi connectivity index (χ2v) is 15.0. The Kier molecular flexibility index (Phi) is 9.68. The Morgan fingerprint density at radius 2 is 1.29 bits per heavy atom. The average Bonchev–Trinajstić information content (AvgIpc) is 3.67. The SMILES string of the molecule is COC1(NC(=O)N2CCC(C(C)(C)C)CC2)C=CC(c2ccccc2)=C(c2nnn(C(c3ccccc3)(c3ccccc3)c3ccccc3)n2)C1C. The molecule has 0 saturated carbocycles. The van der Waals surface area contributed by atoms with E-state index in [2.05, 4.69) is 81.5 Å². The summed E-state index contributed by atoms with van der Waals surface area (Å²) in [6.07, 6.45) is 5.95. The van der Waals surface area contributed by atoms with Crippen LogP contribution in [0.5, 0.6) is 0 Å². The van der Waals surface area contributed by atoms with Gasteiger partial charge in [-0.15, -0.1) is 15.0 Å². The summed E-state index contributed by atoms with van der Waals surface area (Å²) in [6.45, 7) is 10.3. The lowest BCUT2D eigenvalue weighted by atomic mass is 9.75. The lowest BCUT2D eigenvalue weighted by molar-refractivity contribution is -0.0185. The summed E-state index contributed by atoms with van der Waals surface area (Å²) >= 11 is 0. The Labute approximate surface area is 307 Å². The van der Waals surface area contributed by atoms with Gasteiger partial charge >= 0.3 is 6.03 Å². The monoisotopic (exact) mass is 692 g/mol. The molecule has 0 radical (unpaired) electrons. The first kappa shape index (κ1) is 35.1. The molecule has 1 aliphatic carbocycles. The fourth-order valence-electron chi connectivity index (χ4n) is 8.06. The van der Waals surface area contributed by atoms with Crippen LogP contribution >= 0.6 is 0 Å². The molecular weight excluding hydrogens is 645 g/mol. The predicted octanol–water partition coefficient (Wildman–Crippen LogP) is 8.44. The minimum absolute atomic E-state index is 0.138. The summed E-state index contributed by atoms with van der Waals surface area (Å²) < 4.78 is 6.28. The highest BCUT2D eigenvalue weighted by Crippen LogP contribution is 2.44. The van der Waals surface area contributed by atoms with E-state index in [1.54, 1.807) is 11.9 Å². The minimum atomic E-state index is -1.15. The van der Waals surface area contributed by atoms with Crippen LogP contribution in [0.25, 0.3) is 11.1 Å². The first-order valence-corrected chi connectivity index (χ1v) is 18.3. The molecule has 1 N–H and O–H groups in total. The number of ether oxygens (including phenoxy) is 1. The number of tetrazole rings is 1. The van der Waals surface area contributed by atoms with Crippen molar-refractivity contribution in [1.29, 1.82) is 0 Å². The van der Waals surface area contributed by atoms with Crippen molar-refractivity contribution >= 4 is 17.2 Å². The van der Waals surface area contributed by atoms with Crippen LogP contribution in [0.2, 0.25) is 0 Å². The Bertz CT molecular complexity index is 1930. The number of nitrogens with zero attached hydrogens (tertiary/aromatic N) is 5. The normalized spacial score (nSPS) is 19.9. The van der Waals surface area contributed by atoms with E-state index < -0.39 is 11.3 Å². The Morgan fingerprint density at radius 1 is 0.788 bits per heavy atom. The number of carbonyl (C=O) groups excluding carboxylic acids is 1. The molecular formula is C44H48N6O2. The number of rotatable bonds is 8. The lowest BCUT2D eigenvalue weighted by Gasteiger charge is -2.43. The quantitative estimate of drug-likeness (QED) is 0.130. The maximum absolute atomic E-state index is 14.0. The summed E-state index contributed by atoms with van der Waals surface area (Å²) in [5.74, 6) is 0.656. The van der Waals surface area contributed by atoms with Crippen molar-refractivity contribution in [2.75, 3.05) is 20.2 Å². The smallest absolute Gasteiger partial charge is 0.319 e. The third-order valence-corrected chi connectivity index (χ3v) is 11.1. The van der Waals surface area contributed by atoms with E-state index in [0.717, 1.165) is 46.2 Å². The molecule has 1 saturated heterocycles. The lowest BCUT2D eigenvalue weighted by Crippen LogP contribution is -2.58. The zero-order valence-electron chi connectivity index (χ0n) is 30.7. The average molecular weight is 693 g/mol. The number of hydrogen-bond donors (Lipinski definition) is 1. The van der Waals surface area contributed by atoms with Gasteiger partial charge in [0.2, 0.25) is 5.82 Å². The van der Waals surface area contributed by atoms with E-state index in [1.165, 1.54) is 0 Å². The van der Waals surface area contributed by atoms with Gasteiger partial charge in [0.25, 0.3) is 0 Å². The van der Waals surface area contributed by atoms with Crippen molar-refractivity contribution in [1.82, 2.24) is 30.4 Å². The van der Waals surface area contributed by atoms with Gasteiger partial charge in [0.15, 0.2) is 11.3 Å². The van der Waals surface area contributed by atoms with Gasteiger partial charge in [-0.3, -0.25) is 0 Å². The Morgan fingerprint density at radius 3 is 1.77 bits per heavy atom. The van der Waals surface area contributed by atoms with Crippen LogP contribution < -0.4 is 5.32 Å². The molecule has 2 amide bonds. The Hall–Kier alpha value is -5.34. The molecule has 8 heteroatoms. The molecule has 5 aromatic rings. The van der Waals surface area contributed by atoms with Crippen LogP contribution in [0.15, 0.2) is 133 Å². The summed E-state index contributed by atoms with van der Waals surface area (Å²) in [4.78, 5) is 17.6. The molecule has 7 rings (SSSR count). The summed E-state index contributed by atoms with van der Waals surface area (Å²) in [6, 6.07) is 41.0. The highest BCUT2D eigenvalue weighted by Gasteiger charge is 2.46. The van der Waals surface area contributed by atoms with Crippen LogP contribution in [0, 0.1) is 17.3 Å².